The molecule has 0 aromatic carbocycles. The van der Waals surface area contributed by atoms with Crippen molar-refractivity contribution in [3.63, 3.8) is 0 Å². The SMILES string of the molecule is CCCNc1nc(CC2CC2)nc(C(C)(C)C)c1I. The van der Waals surface area contributed by atoms with E-state index in [4.69, 9.17) is 9.97 Å². The van der Waals surface area contributed by atoms with Crippen LogP contribution in [0.4, 0.5) is 5.82 Å². The fraction of sp³-hybridized carbons (Fsp3) is 0.733. The van der Waals surface area contributed by atoms with E-state index < -0.39 is 0 Å². The summed E-state index contributed by atoms with van der Waals surface area (Å²) in [4.78, 5) is 9.57. The normalized spacial score (nSPS) is 15.6. The zero-order valence-corrected chi connectivity index (χ0v) is 14.5. The molecule has 1 aliphatic rings. The average Bonchev–Trinajstić information content (AvgIpc) is 3.12. The predicted octanol–water partition coefficient (Wildman–Crippen LogP) is 4.15. The van der Waals surface area contributed by atoms with E-state index >= 15 is 0 Å². The van der Waals surface area contributed by atoms with Crippen molar-refractivity contribution in [2.75, 3.05) is 11.9 Å². The van der Waals surface area contributed by atoms with E-state index in [1.165, 1.54) is 22.1 Å². The first kappa shape index (κ1) is 15.0. The van der Waals surface area contributed by atoms with Crippen molar-refractivity contribution in [2.24, 2.45) is 5.92 Å². The lowest BCUT2D eigenvalue weighted by Crippen LogP contribution is -2.20. The van der Waals surface area contributed by atoms with Crippen LogP contribution in [0.25, 0.3) is 0 Å². The highest BCUT2D eigenvalue weighted by atomic mass is 127. The number of hydrogen-bond acceptors (Lipinski definition) is 3. The molecular weight excluding hydrogens is 349 g/mol. The van der Waals surface area contributed by atoms with Crippen molar-refractivity contribution in [3.05, 3.63) is 15.1 Å². The van der Waals surface area contributed by atoms with E-state index in [1.807, 2.05) is 0 Å². The Balaban J connectivity index is 2.34. The Morgan fingerprint density at radius 2 is 1.95 bits per heavy atom. The lowest BCUT2D eigenvalue weighted by molar-refractivity contribution is 0.556. The molecular formula is C15H24IN3. The Hall–Kier alpha value is -0.390. The first-order valence-electron chi connectivity index (χ1n) is 7.22. The summed E-state index contributed by atoms with van der Waals surface area (Å²) in [6, 6.07) is 0. The molecule has 3 nitrogen and oxygen atoms in total. The minimum atomic E-state index is 0.0699. The molecule has 0 radical (unpaired) electrons. The molecule has 1 heterocycles. The first-order chi connectivity index (χ1) is 8.91. The molecule has 106 valence electrons. The quantitative estimate of drug-likeness (QED) is 0.788. The van der Waals surface area contributed by atoms with Crippen LogP contribution < -0.4 is 5.32 Å². The summed E-state index contributed by atoms with van der Waals surface area (Å²) in [6.07, 6.45) is 4.85. The minimum Gasteiger partial charge on any atom is -0.369 e. The third-order valence-corrected chi connectivity index (χ3v) is 4.34. The van der Waals surface area contributed by atoms with Gasteiger partial charge in [0, 0.05) is 18.4 Å². The third-order valence-electron chi connectivity index (χ3n) is 3.32. The number of rotatable bonds is 5. The molecule has 4 heteroatoms. The van der Waals surface area contributed by atoms with Gasteiger partial charge in [0.2, 0.25) is 0 Å². The van der Waals surface area contributed by atoms with Crippen molar-refractivity contribution in [3.8, 4) is 0 Å². The number of nitrogens with zero attached hydrogens (tertiary/aromatic N) is 2. The third kappa shape index (κ3) is 4.04. The second-order valence-electron chi connectivity index (χ2n) is 6.48. The lowest BCUT2D eigenvalue weighted by atomic mass is 9.92. The second kappa shape index (κ2) is 5.94. The molecule has 0 atom stereocenters. The lowest BCUT2D eigenvalue weighted by Gasteiger charge is -2.22. The number of nitrogens with one attached hydrogen (secondary N) is 1. The highest BCUT2D eigenvalue weighted by Gasteiger charge is 2.27. The molecule has 0 aliphatic heterocycles. The van der Waals surface area contributed by atoms with Gasteiger partial charge < -0.3 is 5.32 Å². The molecule has 1 aliphatic carbocycles. The predicted molar refractivity (Wildman–Crippen MR) is 88.7 cm³/mol. The summed E-state index contributed by atoms with van der Waals surface area (Å²) >= 11 is 2.38. The molecule has 0 bridgehead atoms. The van der Waals surface area contributed by atoms with E-state index in [1.54, 1.807) is 0 Å². The summed E-state index contributed by atoms with van der Waals surface area (Å²) in [7, 11) is 0. The average molecular weight is 373 g/mol. The Morgan fingerprint density at radius 3 is 2.47 bits per heavy atom. The van der Waals surface area contributed by atoms with Crippen molar-refractivity contribution in [2.45, 2.75) is 58.8 Å². The van der Waals surface area contributed by atoms with Crippen LogP contribution in [0.2, 0.25) is 0 Å². The standard InChI is InChI=1S/C15H24IN3/c1-5-8-17-14-12(16)13(15(2,3)4)18-11(19-14)9-10-6-7-10/h10H,5-9H2,1-4H3,(H,17,18,19). The highest BCUT2D eigenvalue weighted by molar-refractivity contribution is 14.1. The van der Waals surface area contributed by atoms with Crippen LogP contribution in [0.5, 0.6) is 0 Å². The molecule has 0 amide bonds. The number of aromatic nitrogens is 2. The van der Waals surface area contributed by atoms with Gasteiger partial charge in [-0.3, -0.25) is 0 Å². The van der Waals surface area contributed by atoms with Gasteiger partial charge in [0.25, 0.3) is 0 Å². The molecule has 1 N–H and O–H groups in total. The molecule has 0 spiro atoms. The molecule has 1 fully saturated rings. The first-order valence-corrected chi connectivity index (χ1v) is 8.30. The van der Waals surface area contributed by atoms with Crippen molar-refractivity contribution >= 4 is 28.4 Å². The Morgan fingerprint density at radius 1 is 1.26 bits per heavy atom. The Kier molecular flexibility index (Phi) is 4.69. The fourth-order valence-corrected chi connectivity index (χ4v) is 3.26. The molecule has 2 rings (SSSR count). The van der Waals surface area contributed by atoms with Gasteiger partial charge in [-0.15, -0.1) is 0 Å². The van der Waals surface area contributed by atoms with Gasteiger partial charge in [-0.1, -0.05) is 27.7 Å². The Bertz CT molecular complexity index is 447. The van der Waals surface area contributed by atoms with Crippen LogP contribution in [-0.2, 0) is 11.8 Å². The minimum absolute atomic E-state index is 0.0699. The fourth-order valence-electron chi connectivity index (χ4n) is 2.02. The summed E-state index contributed by atoms with van der Waals surface area (Å²) in [5, 5.41) is 3.45. The van der Waals surface area contributed by atoms with Gasteiger partial charge in [-0.05, 0) is 47.8 Å². The zero-order chi connectivity index (χ0) is 14.0. The monoisotopic (exact) mass is 373 g/mol. The molecule has 1 aromatic rings. The van der Waals surface area contributed by atoms with Crippen LogP contribution in [0, 0.1) is 9.49 Å². The largest absolute Gasteiger partial charge is 0.369 e. The van der Waals surface area contributed by atoms with E-state index in [2.05, 4.69) is 55.6 Å². The summed E-state index contributed by atoms with van der Waals surface area (Å²) in [6.45, 7) is 9.82. The van der Waals surface area contributed by atoms with Gasteiger partial charge in [0.05, 0.1) is 9.26 Å². The van der Waals surface area contributed by atoms with Crippen LogP contribution >= 0.6 is 22.6 Å². The summed E-state index contributed by atoms with van der Waals surface area (Å²) in [5.41, 5.74) is 1.25. The molecule has 0 unspecified atom stereocenters. The maximum Gasteiger partial charge on any atom is 0.143 e. The maximum absolute atomic E-state index is 4.83. The van der Waals surface area contributed by atoms with E-state index in [9.17, 15) is 0 Å². The van der Waals surface area contributed by atoms with Crippen LogP contribution in [-0.4, -0.2) is 16.5 Å². The van der Waals surface area contributed by atoms with Crippen LogP contribution in [0.1, 0.15) is 58.5 Å². The van der Waals surface area contributed by atoms with Crippen LogP contribution in [0.3, 0.4) is 0 Å². The number of hydrogen-bond donors (Lipinski definition) is 1. The number of anilines is 1. The number of halogens is 1. The van der Waals surface area contributed by atoms with Gasteiger partial charge in [-0.2, -0.15) is 0 Å². The van der Waals surface area contributed by atoms with E-state index in [0.29, 0.717) is 0 Å². The van der Waals surface area contributed by atoms with Gasteiger partial charge in [0.1, 0.15) is 11.6 Å². The molecule has 1 saturated carbocycles. The van der Waals surface area contributed by atoms with Gasteiger partial charge in [0.15, 0.2) is 0 Å². The summed E-state index contributed by atoms with van der Waals surface area (Å²) < 4.78 is 1.18. The molecule has 0 saturated heterocycles. The second-order valence-corrected chi connectivity index (χ2v) is 7.55. The smallest absolute Gasteiger partial charge is 0.143 e. The van der Waals surface area contributed by atoms with Crippen LogP contribution in [0.15, 0.2) is 0 Å². The zero-order valence-electron chi connectivity index (χ0n) is 12.4. The molecule has 1 aromatic heterocycles. The maximum atomic E-state index is 4.83. The van der Waals surface area contributed by atoms with E-state index in [-0.39, 0.29) is 5.41 Å². The molecule has 19 heavy (non-hydrogen) atoms. The highest BCUT2D eigenvalue weighted by Crippen LogP contribution is 2.34. The van der Waals surface area contributed by atoms with Gasteiger partial charge in [-0.25, -0.2) is 9.97 Å². The van der Waals surface area contributed by atoms with Crippen molar-refractivity contribution in [1.29, 1.82) is 0 Å². The van der Waals surface area contributed by atoms with Crippen molar-refractivity contribution < 1.29 is 0 Å². The van der Waals surface area contributed by atoms with Crippen molar-refractivity contribution in [1.82, 2.24) is 9.97 Å². The Labute approximate surface area is 130 Å². The topological polar surface area (TPSA) is 37.8 Å². The van der Waals surface area contributed by atoms with E-state index in [0.717, 1.165) is 36.9 Å². The van der Waals surface area contributed by atoms with Gasteiger partial charge >= 0.3 is 0 Å². The summed E-state index contributed by atoms with van der Waals surface area (Å²) in [5.74, 6) is 2.87.